The van der Waals surface area contributed by atoms with Crippen LogP contribution in [0.4, 0.5) is 18.0 Å². The van der Waals surface area contributed by atoms with Crippen molar-refractivity contribution in [3.8, 4) is 11.1 Å². The summed E-state index contributed by atoms with van der Waals surface area (Å²) in [6.07, 6.45) is -7.61. The van der Waals surface area contributed by atoms with Crippen molar-refractivity contribution >= 4 is 18.0 Å². The largest absolute Gasteiger partial charge is 0.480 e. The highest BCUT2D eigenvalue weighted by Crippen LogP contribution is 2.44. The molecule has 0 saturated heterocycles. The number of nitrogens with one attached hydrogen (secondary N) is 1. The summed E-state index contributed by atoms with van der Waals surface area (Å²) < 4.78 is 44.8. The van der Waals surface area contributed by atoms with Crippen LogP contribution in [0.15, 0.2) is 48.5 Å². The van der Waals surface area contributed by atoms with Crippen LogP contribution in [0.25, 0.3) is 11.1 Å². The van der Waals surface area contributed by atoms with Crippen LogP contribution in [-0.4, -0.2) is 59.9 Å². The number of ether oxygens (including phenoxy) is 1. The monoisotopic (exact) mass is 492 g/mol. The average molecular weight is 492 g/mol. The highest BCUT2D eigenvalue weighted by Gasteiger charge is 2.39. The minimum Gasteiger partial charge on any atom is -0.480 e. The van der Waals surface area contributed by atoms with Crippen LogP contribution in [0.2, 0.25) is 0 Å². The second kappa shape index (κ2) is 10.8. The van der Waals surface area contributed by atoms with E-state index in [1.54, 1.807) is 13.8 Å². The fraction of sp³-hybridized carbons (Fsp3) is 0.400. The molecule has 1 unspecified atom stereocenters. The Hall–Kier alpha value is -3.56. The van der Waals surface area contributed by atoms with Gasteiger partial charge in [0.2, 0.25) is 5.91 Å². The first kappa shape index (κ1) is 26.1. The topological polar surface area (TPSA) is 95.9 Å². The molecular formula is C25H27F3N2O5. The van der Waals surface area contributed by atoms with Crippen LogP contribution in [0.5, 0.6) is 0 Å². The number of benzene rings is 2. The number of carbonyl (C=O) groups excluding carboxylic acids is 2. The molecule has 0 saturated carbocycles. The van der Waals surface area contributed by atoms with Gasteiger partial charge >= 0.3 is 18.2 Å². The number of halogens is 3. The van der Waals surface area contributed by atoms with Gasteiger partial charge in [-0.1, -0.05) is 62.4 Å². The number of fused-ring (bicyclic) bond motifs is 3. The number of alkyl carbamates (subject to hydrolysis) is 1. The molecule has 0 heterocycles. The van der Waals surface area contributed by atoms with Gasteiger partial charge in [-0.15, -0.1) is 0 Å². The predicted molar refractivity (Wildman–Crippen MR) is 122 cm³/mol. The first-order valence-electron chi connectivity index (χ1n) is 11.1. The minimum absolute atomic E-state index is 0.0775. The maximum absolute atomic E-state index is 13.2. The van der Waals surface area contributed by atoms with Crippen molar-refractivity contribution in [3.05, 3.63) is 59.7 Å². The van der Waals surface area contributed by atoms with Gasteiger partial charge in [0.15, 0.2) is 0 Å². The molecular weight excluding hydrogens is 465 g/mol. The van der Waals surface area contributed by atoms with Gasteiger partial charge in [0, 0.05) is 12.5 Å². The van der Waals surface area contributed by atoms with E-state index in [0.717, 1.165) is 27.2 Å². The number of hydrogen-bond donors (Lipinski definition) is 2. The molecule has 0 radical (unpaired) electrons. The number of rotatable bonds is 9. The maximum Gasteiger partial charge on any atom is 0.407 e. The van der Waals surface area contributed by atoms with Crippen LogP contribution >= 0.6 is 0 Å². The van der Waals surface area contributed by atoms with Crippen LogP contribution in [0.1, 0.15) is 37.3 Å². The first-order valence-corrected chi connectivity index (χ1v) is 11.1. The molecule has 2 amide bonds. The van der Waals surface area contributed by atoms with Crippen molar-refractivity contribution in [2.75, 3.05) is 19.7 Å². The van der Waals surface area contributed by atoms with E-state index in [9.17, 15) is 27.6 Å². The van der Waals surface area contributed by atoms with Crippen LogP contribution in [0, 0.1) is 5.92 Å². The quantitative estimate of drug-likeness (QED) is 0.541. The molecule has 3 rings (SSSR count). The van der Waals surface area contributed by atoms with Crippen molar-refractivity contribution in [2.24, 2.45) is 5.92 Å². The van der Waals surface area contributed by atoms with Gasteiger partial charge < -0.3 is 20.1 Å². The second-order valence-corrected chi connectivity index (χ2v) is 8.85. The van der Waals surface area contributed by atoms with E-state index < -0.39 is 43.2 Å². The normalized spacial score (nSPS) is 13.7. The fourth-order valence-electron chi connectivity index (χ4n) is 4.27. The number of aliphatic carboxylic acids is 1. The molecule has 188 valence electrons. The molecule has 0 spiro atoms. The third-order valence-corrected chi connectivity index (χ3v) is 5.59. The summed E-state index contributed by atoms with van der Waals surface area (Å²) >= 11 is 0. The SMILES string of the molecule is CC(C)CN(CC(=O)O)C(=O)C(CC(F)(F)F)NC(=O)OCC1c2ccccc2-c2ccccc21. The van der Waals surface area contributed by atoms with Crippen LogP contribution in [-0.2, 0) is 14.3 Å². The Kier molecular flexibility index (Phi) is 8.03. The minimum atomic E-state index is -4.77. The van der Waals surface area contributed by atoms with Crippen molar-refractivity contribution in [3.63, 3.8) is 0 Å². The van der Waals surface area contributed by atoms with Gasteiger partial charge in [0.25, 0.3) is 0 Å². The van der Waals surface area contributed by atoms with E-state index in [0.29, 0.717) is 0 Å². The van der Waals surface area contributed by atoms with Crippen molar-refractivity contribution in [1.29, 1.82) is 0 Å². The van der Waals surface area contributed by atoms with Gasteiger partial charge in [-0.3, -0.25) is 9.59 Å². The van der Waals surface area contributed by atoms with E-state index in [1.165, 1.54) is 0 Å². The summed E-state index contributed by atoms with van der Waals surface area (Å²) in [6.45, 7) is 2.39. The van der Waals surface area contributed by atoms with E-state index in [4.69, 9.17) is 9.84 Å². The lowest BCUT2D eigenvalue weighted by Gasteiger charge is -2.28. The third-order valence-electron chi connectivity index (χ3n) is 5.59. The zero-order valence-electron chi connectivity index (χ0n) is 19.3. The Labute approximate surface area is 200 Å². The van der Waals surface area contributed by atoms with Crippen molar-refractivity contribution in [2.45, 2.75) is 38.4 Å². The lowest BCUT2D eigenvalue weighted by molar-refractivity contribution is -0.156. The number of carboxylic acid groups (broad SMARTS) is 1. The Morgan fingerprint density at radius 2 is 1.57 bits per heavy atom. The molecule has 2 aromatic rings. The molecule has 2 N–H and O–H groups in total. The molecule has 0 aromatic heterocycles. The molecule has 0 aliphatic heterocycles. The van der Waals surface area contributed by atoms with Gasteiger partial charge in [-0.2, -0.15) is 13.2 Å². The molecule has 0 fully saturated rings. The molecule has 2 aromatic carbocycles. The Balaban J connectivity index is 1.74. The molecule has 10 heteroatoms. The maximum atomic E-state index is 13.2. The van der Waals surface area contributed by atoms with E-state index >= 15 is 0 Å². The summed E-state index contributed by atoms with van der Waals surface area (Å²) in [7, 11) is 0. The number of carboxylic acids is 1. The molecule has 1 aliphatic carbocycles. The Morgan fingerprint density at radius 3 is 2.06 bits per heavy atom. The fourth-order valence-corrected chi connectivity index (χ4v) is 4.27. The van der Waals surface area contributed by atoms with Crippen LogP contribution in [0.3, 0.4) is 0 Å². The summed E-state index contributed by atoms with van der Waals surface area (Å²) in [5, 5.41) is 11.1. The molecule has 35 heavy (non-hydrogen) atoms. The standard InChI is InChI=1S/C25H27F3N2O5/c1-15(2)12-30(13-22(31)32)23(33)21(11-25(26,27)28)29-24(34)35-14-20-18-9-5-3-7-16(18)17-8-4-6-10-19(17)20/h3-10,15,20-21H,11-14H2,1-2H3,(H,29,34)(H,31,32). The smallest absolute Gasteiger partial charge is 0.407 e. The highest BCUT2D eigenvalue weighted by atomic mass is 19.4. The summed E-state index contributed by atoms with van der Waals surface area (Å²) in [6, 6.07) is 13.1. The Bertz CT molecular complexity index is 1040. The molecule has 1 aliphatic rings. The van der Waals surface area contributed by atoms with Crippen molar-refractivity contribution in [1.82, 2.24) is 10.2 Å². The Morgan fingerprint density at radius 1 is 1.03 bits per heavy atom. The average Bonchev–Trinajstić information content (AvgIpc) is 3.08. The predicted octanol–water partition coefficient (Wildman–Crippen LogP) is 4.42. The molecule has 1 atom stereocenters. The zero-order chi connectivity index (χ0) is 25.8. The van der Waals surface area contributed by atoms with Crippen molar-refractivity contribution < 1.29 is 37.4 Å². The zero-order valence-corrected chi connectivity index (χ0v) is 19.3. The van der Waals surface area contributed by atoms with E-state index in [2.05, 4.69) is 0 Å². The lowest BCUT2D eigenvalue weighted by Crippen LogP contribution is -2.52. The number of alkyl halides is 3. The van der Waals surface area contributed by atoms with E-state index in [1.807, 2.05) is 53.8 Å². The van der Waals surface area contributed by atoms with E-state index in [-0.39, 0.29) is 25.0 Å². The summed E-state index contributed by atoms with van der Waals surface area (Å²) in [5.74, 6) is -3.01. The number of amides is 2. The third kappa shape index (κ3) is 6.74. The molecule has 7 nitrogen and oxygen atoms in total. The highest BCUT2D eigenvalue weighted by molar-refractivity contribution is 5.88. The summed E-state index contributed by atoms with van der Waals surface area (Å²) in [5.41, 5.74) is 3.82. The molecule has 0 bridgehead atoms. The number of carbonyl (C=O) groups is 3. The summed E-state index contributed by atoms with van der Waals surface area (Å²) in [4.78, 5) is 37.3. The second-order valence-electron chi connectivity index (χ2n) is 8.85. The van der Waals surface area contributed by atoms with Crippen LogP contribution < -0.4 is 5.32 Å². The van der Waals surface area contributed by atoms with Gasteiger partial charge in [-0.05, 0) is 28.2 Å². The number of hydrogen-bond acceptors (Lipinski definition) is 4. The van der Waals surface area contributed by atoms with Gasteiger partial charge in [0.1, 0.15) is 19.2 Å². The lowest BCUT2D eigenvalue weighted by atomic mass is 9.98. The van der Waals surface area contributed by atoms with Gasteiger partial charge in [0.05, 0.1) is 6.42 Å². The first-order chi connectivity index (χ1) is 16.5. The van der Waals surface area contributed by atoms with Gasteiger partial charge in [-0.25, -0.2) is 4.79 Å². The number of nitrogens with zero attached hydrogens (tertiary/aromatic N) is 1.